The average Bonchev–Trinajstić information content (AvgIpc) is 3.07. The molecule has 0 aliphatic heterocycles. The van der Waals surface area contributed by atoms with Gasteiger partial charge in [-0.15, -0.1) is 0 Å². The van der Waals surface area contributed by atoms with Crippen LogP contribution < -0.4 is 10.6 Å². The van der Waals surface area contributed by atoms with Crippen molar-refractivity contribution < 1.29 is 0 Å². The van der Waals surface area contributed by atoms with Gasteiger partial charge < -0.3 is 10.6 Å². The van der Waals surface area contributed by atoms with Gasteiger partial charge >= 0.3 is 0 Å². The van der Waals surface area contributed by atoms with Gasteiger partial charge in [-0.05, 0) is 43.4 Å². The monoisotopic (exact) mass is 294 g/mol. The summed E-state index contributed by atoms with van der Waals surface area (Å²) in [4.78, 5) is 8.67. The molecule has 1 aromatic rings. The molecule has 0 saturated heterocycles. The second kappa shape index (κ2) is 6.17. The van der Waals surface area contributed by atoms with Crippen molar-refractivity contribution in [3.8, 4) is 0 Å². The Balaban J connectivity index is 1.58. The van der Waals surface area contributed by atoms with E-state index in [1.54, 1.807) is 6.20 Å². The van der Waals surface area contributed by atoms with Gasteiger partial charge in [0.15, 0.2) is 0 Å². The largest absolute Gasteiger partial charge is 0.368 e. The molecule has 3 unspecified atom stereocenters. The Bertz CT molecular complexity index is 465. The number of aromatic nitrogens is 2. The minimum Gasteiger partial charge on any atom is -0.368 e. The first-order valence-electron chi connectivity index (χ1n) is 7.76. The molecule has 2 saturated carbocycles. The lowest BCUT2D eigenvalue weighted by molar-refractivity contribution is 0.348. The molecule has 2 fully saturated rings. The average molecular weight is 295 g/mol. The number of nitrogens with zero attached hydrogens (tertiary/aromatic N) is 2. The number of fused-ring (bicyclic) bond motifs is 2. The molecule has 1 heterocycles. The molecule has 5 heteroatoms. The third-order valence-electron chi connectivity index (χ3n) is 4.69. The van der Waals surface area contributed by atoms with Crippen LogP contribution in [0.5, 0.6) is 0 Å². The van der Waals surface area contributed by atoms with Crippen LogP contribution in [0.3, 0.4) is 0 Å². The van der Waals surface area contributed by atoms with Gasteiger partial charge in [0.2, 0.25) is 5.95 Å². The smallest absolute Gasteiger partial charge is 0.224 e. The second-order valence-corrected chi connectivity index (χ2v) is 6.54. The van der Waals surface area contributed by atoms with E-state index in [0.29, 0.717) is 11.0 Å². The zero-order valence-electron chi connectivity index (χ0n) is 12.0. The fourth-order valence-electron chi connectivity index (χ4n) is 3.67. The lowest BCUT2D eigenvalue weighted by Gasteiger charge is -2.22. The molecule has 20 heavy (non-hydrogen) atoms. The highest BCUT2D eigenvalue weighted by Crippen LogP contribution is 2.48. The first-order valence-corrected chi connectivity index (χ1v) is 8.14. The first kappa shape index (κ1) is 13.9. The standard InChI is InChI=1S/C15H23ClN4/c1-2-5-17-15-19-9-13(16)14(20-15)18-8-12-7-10-3-4-11(12)6-10/h9-12H,2-8H2,1H3,(H2,17,18,19,20). The summed E-state index contributed by atoms with van der Waals surface area (Å²) >= 11 is 6.18. The van der Waals surface area contributed by atoms with Crippen LogP contribution in [0, 0.1) is 17.8 Å². The number of hydrogen-bond donors (Lipinski definition) is 2. The van der Waals surface area contributed by atoms with Gasteiger partial charge in [-0.25, -0.2) is 4.98 Å². The first-order chi connectivity index (χ1) is 9.76. The molecule has 3 atom stereocenters. The van der Waals surface area contributed by atoms with Crippen molar-refractivity contribution in [2.24, 2.45) is 17.8 Å². The lowest BCUT2D eigenvalue weighted by atomic mass is 9.89. The number of anilines is 2. The molecule has 2 aliphatic rings. The Hall–Kier alpha value is -1.03. The minimum atomic E-state index is 0.607. The molecule has 0 spiro atoms. The van der Waals surface area contributed by atoms with E-state index in [1.165, 1.54) is 25.7 Å². The predicted octanol–water partition coefficient (Wildman–Crippen LogP) is 3.80. The van der Waals surface area contributed by atoms with Crippen LogP contribution in [0.4, 0.5) is 11.8 Å². The molecule has 2 aliphatic carbocycles. The van der Waals surface area contributed by atoms with E-state index in [2.05, 4.69) is 27.5 Å². The zero-order chi connectivity index (χ0) is 13.9. The summed E-state index contributed by atoms with van der Waals surface area (Å²) in [5.41, 5.74) is 0. The Morgan fingerprint density at radius 2 is 2.20 bits per heavy atom. The van der Waals surface area contributed by atoms with Crippen LogP contribution in [0.15, 0.2) is 6.20 Å². The van der Waals surface area contributed by atoms with E-state index < -0.39 is 0 Å². The number of rotatable bonds is 6. The molecule has 1 aromatic heterocycles. The topological polar surface area (TPSA) is 49.8 Å². The van der Waals surface area contributed by atoms with Crippen molar-refractivity contribution in [2.75, 3.05) is 23.7 Å². The van der Waals surface area contributed by atoms with Crippen molar-refractivity contribution in [1.82, 2.24) is 9.97 Å². The molecule has 2 bridgehead atoms. The third kappa shape index (κ3) is 3.00. The van der Waals surface area contributed by atoms with E-state index in [4.69, 9.17) is 11.6 Å². The van der Waals surface area contributed by atoms with Crippen molar-refractivity contribution >= 4 is 23.4 Å². The number of hydrogen-bond acceptors (Lipinski definition) is 4. The summed E-state index contributed by atoms with van der Waals surface area (Å²) in [5, 5.41) is 7.24. The van der Waals surface area contributed by atoms with Crippen molar-refractivity contribution in [1.29, 1.82) is 0 Å². The Kier molecular flexibility index (Phi) is 4.29. The molecule has 3 rings (SSSR count). The Labute approximate surface area is 125 Å². The maximum atomic E-state index is 6.18. The van der Waals surface area contributed by atoms with Gasteiger partial charge in [-0.2, -0.15) is 4.98 Å². The van der Waals surface area contributed by atoms with Gasteiger partial charge in [0.1, 0.15) is 10.8 Å². The quantitative estimate of drug-likeness (QED) is 0.838. The van der Waals surface area contributed by atoms with Gasteiger partial charge in [0.05, 0.1) is 6.20 Å². The number of nitrogens with one attached hydrogen (secondary N) is 2. The SMILES string of the molecule is CCCNc1ncc(Cl)c(NCC2CC3CCC2C3)n1. The summed E-state index contributed by atoms with van der Waals surface area (Å²) in [7, 11) is 0. The fourth-order valence-corrected chi connectivity index (χ4v) is 3.83. The van der Waals surface area contributed by atoms with Gasteiger partial charge in [0.25, 0.3) is 0 Å². The summed E-state index contributed by atoms with van der Waals surface area (Å²) in [6, 6.07) is 0. The molecule has 2 N–H and O–H groups in total. The maximum absolute atomic E-state index is 6.18. The molecule has 4 nitrogen and oxygen atoms in total. The highest BCUT2D eigenvalue weighted by molar-refractivity contribution is 6.32. The van der Waals surface area contributed by atoms with Crippen LogP contribution in [-0.4, -0.2) is 23.1 Å². The minimum absolute atomic E-state index is 0.607. The summed E-state index contributed by atoms with van der Waals surface area (Å²) < 4.78 is 0. The molecule has 0 amide bonds. The third-order valence-corrected chi connectivity index (χ3v) is 4.97. The van der Waals surface area contributed by atoms with Crippen LogP contribution in [0.1, 0.15) is 39.0 Å². The number of halogens is 1. The highest BCUT2D eigenvalue weighted by atomic mass is 35.5. The van der Waals surface area contributed by atoms with Crippen molar-refractivity contribution in [3.63, 3.8) is 0 Å². The maximum Gasteiger partial charge on any atom is 0.224 e. The summed E-state index contributed by atoms with van der Waals surface area (Å²) in [6.07, 6.45) is 8.41. The van der Waals surface area contributed by atoms with E-state index in [0.717, 1.165) is 43.1 Å². The summed E-state index contributed by atoms with van der Waals surface area (Å²) in [6.45, 7) is 4.00. The highest BCUT2D eigenvalue weighted by Gasteiger charge is 2.39. The lowest BCUT2D eigenvalue weighted by Crippen LogP contribution is -2.21. The van der Waals surface area contributed by atoms with Gasteiger partial charge in [0, 0.05) is 13.1 Å². The van der Waals surface area contributed by atoms with Crippen LogP contribution in [0.2, 0.25) is 5.02 Å². The van der Waals surface area contributed by atoms with Crippen LogP contribution in [-0.2, 0) is 0 Å². The van der Waals surface area contributed by atoms with Crippen molar-refractivity contribution in [3.05, 3.63) is 11.2 Å². The normalized spacial score (nSPS) is 27.8. The van der Waals surface area contributed by atoms with Gasteiger partial charge in [-0.3, -0.25) is 0 Å². The molecular weight excluding hydrogens is 272 g/mol. The van der Waals surface area contributed by atoms with E-state index in [1.807, 2.05) is 0 Å². The second-order valence-electron chi connectivity index (χ2n) is 6.13. The zero-order valence-corrected chi connectivity index (χ0v) is 12.8. The predicted molar refractivity (Wildman–Crippen MR) is 83.3 cm³/mol. The molecule has 110 valence electrons. The Morgan fingerprint density at radius 1 is 1.30 bits per heavy atom. The molecule has 0 aromatic carbocycles. The fraction of sp³-hybridized carbons (Fsp3) is 0.733. The molecule has 0 radical (unpaired) electrons. The summed E-state index contributed by atoms with van der Waals surface area (Å²) in [5.74, 6) is 4.13. The molecular formula is C15H23ClN4. The van der Waals surface area contributed by atoms with Crippen molar-refractivity contribution in [2.45, 2.75) is 39.0 Å². The van der Waals surface area contributed by atoms with E-state index in [9.17, 15) is 0 Å². The van der Waals surface area contributed by atoms with Gasteiger partial charge in [-0.1, -0.05) is 24.9 Å². The van der Waals surface area contributed by atoms with Crippen LogP contribution in [0.25, 0.3) is 0 Å². The van der Waals surface area contributed by atoms with E-state index >= 15 is 0 Å². The van der Waals surface area contributed by atoms with Crippen LogP contribution >= 0.6 is 11.6 Å². The Morgan fingerprint density at radius 3 is 2.90 bits per heavy atom. The van der Waals surface area contributed by atoms with E-state index in [-0.39, 0.29) is 0 Å².